The van der Waals surface area contributed by atoms with Crippen LogP contribution in [0.1, 0.15) is 60.1 Å². The number of benzene rings is 2. The summed E-state index contributed by atoms with van der Waals surface area (Å²) in [6, 6.07) is 12.4. The number of hydrogen-bond acceptors (Lipinski definition) is 3. The van der Waals surface area contributed by atoms with Gasteiger partial charge in [0.1, 0.15) is 0 Å². The molecule has 1 aliphatic carbocycles. The van der Waals surface area contributed by atoms with Crippen LogP contribution < -0.4 is 5.32 Å². The van der Waals surface area contributed by atoms with Gasteiger partial charge < -0.3 is 5.32 Å². The monoisotopic (exact) mass is 446 g/mol. The third kappa shape index (κ3) is 4.27. The Morgan fingerprint density at radius 3 is 2.60 bits per heavy atom. The molecule has 1 heterocycles. The SMILES string of the molecule is CC1CCN(S(=O)(=O)c2ccc(Cl)c(C(=O)N[C@H]3CCCc4ccccc43)c2)CC1. The molecule has 2 aliphatic rings. The Kier molecular flexibility index (Phi) is 6.19. The minimum Gasteiger partial charge on any atom is -0.345 e. The fourth-order valence-electron chi connectivity index (χ4n) is 4.35. The minimum absolute atomic E-state index is 0.0950. The third-order valence-corrected chi connectivity index (χ3v) is 8.46. The van der Waals surface area contributed by atoms with E-state index in [4.69, 9.17) is 11.6 Å². The highest BCUT2D eigenvalue weighted by Gasteiger charge is 2.30. The molecule has 1 atom stereocenters. The number of carbonyl (C=O) groups is 1. The lowest BCUT2D eigenvalue weighted by Crippen LogP contribution is -2.38. The van der Waals surface area contributed by atoms with Crippen LogP contribution in [0.15, 0.2) is 47.4 Å². The molecular formula is C23H27ClN2O3S. The molecule has 0 radical (unpaired) electrons. The maximum Gasteiger partial charge on any atom is 0.253 e. The molecule has 160 valence electrons. The number of piperidine rings is 1. The van der Waals surface area contributed by atoms with E-state index in [-0.39, 0.29) is 27.4 Å². The zero-order valence-corrected chi connectivity index (χ0v) is 18.7. The number of rotatable bonds is 4. The van der Waals surface area contributed by atoms with Gasteiger partial charge in [-0.1, -0.05) is 42.8 Å². The van der Waals surface area contributed by atoms with Crippen LogP contribution in [0.5, 0.6) is 0 Å². The Bertz CT molecular complexity index is 1050. The molecule has 7 heteroatoms. The van der Waals surface area contributed by atoms with Crippen molar-refractivity contribution in [2.75, 3.05) is 13.1 Å². The lowest BCUT2D eigenvalue weighted by atomic mass is 9.87. The van der Waals surface area contributed by atoms with Gasteiger partial charge >= 0.3 is 0 Å². The zero-order valence-electron chi connectivity index (χ0n) is 17.1. The Balaban J connectivity index is 1.57. The van der Waals surface area contributed by atoms with Gasteiger partial charge in [-0.15, -0.1) is 0 Å². The summed E-state index contributed by atoms with van der Waals surface area (Å²) < 4.78 is 27.7. The summed E-state index contributed by atoms with van der Waals surface area (Å²) in [5.41, 5.74) is 2.57. The van der Waals surface area contributed by atoms with E-state index in [2.05, 4.69) is 18.3 Å². The van der Waals surface area contributed by atoms with Gasteiger partial charge in [0, 0.05) is 13.1 Å². The first kappa shape index (κ1) is 21.3. The quantitative estimate of drug-likeness (QED) is 0.748. The normalized spacial score (nSPS) is 20.5. The third-order valence-electron chi connectivity index (χ3n) is 6.24. The second kappa shape index (κ2) is 8.69. The van der Waals surface area contributed by atoms with E-state index >= 15 is 0 Å². The lowest BCUT2D eigenvalue weighted by Gasteiger charge is -2.29. The van der Waals surface area contributed by atoms with Crippen molar-refractivity contribution in [2.45, 2.75) is 50.0 Å². The van der Waals surface area contributed by atoms with Gasteiger partial charge in [-0.25, -0.2) is 8.42 Å². The Hall–Kier alpha value is -1.89. The molecule has 1 N–H and O–H groups in total. The molecule has 1 aliphatic heterocycles. The lowest BCUT2D eigenvalue weighted by molar-refractivity contribution is 0.0932. The van der Waals surface area contributed by atoms with Gasteiger partial charge in [0.05, 0.1) is 21.5 Å². The Labute approximate surface area is 183 Å². The molecule has 0 saturated carbocycles. The van der Waals surface area contributed by atoms with E-state index in [9.17, 15) is 13.2 Å². The molecule has 2 aromatic carbocycles. The van der Waals surface area contributed by atoms with Crippen LogP contribution in [0.25, 0.3) is 0 Å². The number of halogens is 1. The molecule has 1 amide bonds. The van der Waals surface area contributed by atoms with Crippen LogP contribution in [0.2, 0.25) is 5.02 Å². The van der Waals surface area contributed by atoms with Gasteiger partial charge in [-0.2, -0.15) is 4.31 Å². The van der Waals surface area contributed by atoms with Crippen molar-refractivity contribution >= 4 is 27.5 Å². The highest BCUT2D eigenvalue weighted by Crippen LogP contribution is 2.31. The van der Waals surface area contributed by atoms with Crippen LogP contribution in [0.4, 0.5) is 0 Å². The molecule has 30 heavy (non-hydrogen) atoms. The minimum atomic E-state index is -3.65. The summed E-state index contributed by atoms with van der Waals surface area (Å²) in [5.74, 6) is 0.187. The Morgan fingerprint density at radius 1 is 1.10 bits per heavy atom. The summed E-state index contributed by atoms with van der Waals surface area (Å²) in [7, 11) is -3.65. The molecule has 0 spiro atoms. The summed E-state index contributed by atoms with van der Waals surface area (Å²) in [6.07, 6.45) is 4.55. The summed E-state index contributed by atoms with van der Waals surface area (Å²) >= 11 is 6.29. The van der Waals surface area contributed by atoms with Gasteiger partial charge in [0.2, 0.25) is 10.0 Å². The van der Waals surface area contributed by atoms with Crippen LogP contribution >= 0.6 is 11.6 Å². The molecular weight excluding hydrogens is 420 g/mol. The van der Waals surface area contributed by atoms with Crippen molar-refractivity contribution < 1.29 is 13.2 Å². The number of nitrogens with one attached hydrogen (secondary N) is 1. The maximum absolute atomic E-state index is 13.1. The zero-order chi connectivity index (χ0) is 21.3. The first-order valence-corrected chi connectivity index (χ1v) is 12.4. The Morgan fingerprint density at radius 2 is 1.83 bits per heavy atom. The summed E-state index contributed by atoms with van der Waals surface area (Å²) in [4.78, 5) is 13.2. The van der Waals surface area contributed by atoms with E-state index in [0.29, 0.717) is 19.0 Å². The van der Waals surface area contributed by atoms with Gasteiger partial charge in [-0.3, -0.25) is 4.79 Å². The molecule has 0 aromatic heterocycles. The van der Waals surface area contributed by atoms with E-state index in [1.165, 1.54) is 28.1 Å². The average Bonchev–Trinajstić information content (AvgIpc) is 2.74. The highest BCUT2D eigenvalue weighted by atomic mass is 35.5. The number of sulfonamides is 1. The number of carbonyl (C=O) groups excluding carboxylic acids is 1. The topological polar surface area (TPSA) is 66.5 Å². The van der Waals surface area contributed by atoms with E-state index in [0.717, 1.165) is 37.7 Å². The second-order valence-corrected chi connectivity index (χ2v) is 10.7. The smallest absolute Gasteiger partial charge is 0.253 e. The molecule has 1 saturated heterocycles. The average molecular weight is 447 g/mol. The number of fused-ring (bicyclic) bond motifs is 1. The van der Waals surface area contributed by atoms with Crippen molar-refractivity contribution in [1.82, 2.24) is 9.62 Å². The predicted molar refractivity (Wildman–Crippen MR) is 118 cm³/mol. The molecule has 4 rings (SSSR count). The fraction of sp³-hybridized carbons (Fsp3) is 0.435. The number of aryl methyl sites for hydroxylation is 1. The fourth-order valence-corrected chi connectivity index (χ4v) is 6.05. The van der Waals surface area contributed by atoms with E-state index in [1.807, 2.05) is 18.2 Å². The largest absolute Gasteiger partial charge is 0.345 e. The summed E-state index contributed by atoms with van der Waals surface area (Å²) in [5, 5.41) is 3.32. The molecule has 1 fully saturated rings. The maximum atomic E-state index is 13.1. The number of amides is 1. The van der Waals surface area contributed by atoms with E-state index < -0.39 is 10.0 Å². The van der Waals surface area contributed by atoms with Crippen LogP contribution in [0, 0.1) is 5.92 Å². The van der Waals surface area contributed by atoms with Gasteiger partial charge in [0.15, 0.2) is 0 Å². The van der Waals surface area contributed by atoms with Crippen molar-refractivity contribution in [3.8, 4) is 0 Å². The number of nitrogens with zero attached hydrogens (tertiary/aromatic N) is 1. The predicted octanol–water partition coefficient (Wildman–Crippen LogP) is 4.57. The van der Waals surface area contributed by atoms with Crippen molar-refractivity contribution in [3.05, 3.63) is 64.2 Å². The molecule has 5 nitrogen and oxygen atoms in total. The van der Waals surface area contributed by atoms with Crippen LogP contribution in [-0.2, 0) is 16.4 Å². The molecule has 0 bridgehead atoms. The van der Waals surface area contributed by atoms with Crippen LogP contribution in [-0.4, -0.2) is 31.7 Å². The van der Waals surface area contributed by atoms with Gasteiger partial charge in [-0.05, 0) is 67.3 Å². The molecule has 2 aromatic rings. The first-order chi connectivity index (χ1) is 14.4. The van der Waals surface area contributed by atoms with Crippen molar-refractivity contribution in [3.63, 3.8) is 0 Å². The molecule has 0 unspecified atom stereocenters. The first-order valence-electron chi connectivity index (χ1n) is 10.5. The highest BCUT2D eigenvalue weighted by molar-refractivity contribution is 7.89. The second-order valence-electron chi connectivity index (χ2n) is 8.35. The summed E-state index contributed by atoms with van der Waals surface area (Å²) in [6.45, 7) is 3.15. The number of hydrogen-bond donors (Lipinski definition) is 1. The standard InChI is InChI=1S/C23H27ClN2O3S/c1-16-11-13-26(14-12-16)30(28,29)18-9-10-21(24)20(15-18)23(27)25-22-8-4-6-17-5-2-3-7-19(17)22/h2-3,5,7,9-10,15-16,22H,4,6,8,11-14H2,1H3,(H,25,27)/t22-/m0/s1. The van der Waals surface area contributed by atoms with Crippen molar-refractivity contribution in [1.29, 1.82) is 0 Å². The van der Waals surface area contributed by atoms with Crippen LogP contribution in [0.3, 0.4) is 0 Å². The van der Waals surface area contributed by atoms with E-state index in [1.54, 1.807) is 0 Å². The van der Waals surface area contributed by atoms with Crippen molar-refractivity contribution in [2.24, 2.45) is 5.92 Å². The van der Waals surface area contributed by atoms with Gasteiger partial charge in [0.25, 0.3) is 5.91 Å².